The number of nitrogens with two attached hydrogens (primary N) is 1. The first-order valence-corrected chi connectivity index (χ1v) is 5.28. The number of benzene rings is 1. The summed E-state index contributed by atoms with van der Waals surface area (Å²) in [5.41, 5.74) is 6.22. The zero-order chi connectivity index (χ0) is 11.5. The molecule has 0 saturated heterocycles. The molecule has 2 N–H and O–H groups in total. The van der Waals surface area contributed by atoms with Gasteiger partial charge in [0.2, 0.25) is 5.88 Å². The van der Waals surface area contributed by atoms with Gasteiger partial charge in [-0.15, -0.1) is 0 Å². The monoisotopic (exact) mass is 282 g/mol. The second kappa shape index (κ2) is 4.49. The van der Waals surface area contributed by atoms with E-state index in [9.17, 15) is 4.39 Å². The Kier molecular flexibility index (Phi) is 3.05. The fourth-order valence-electron chi connectivity index (χ4n) is 1.19. The molecule has 0 radical (unpaired) electrons. The number of halogens is 2. The van der Waals surface area contributed by atoms with Gasteiger partial charge in [-0.25, -0.2) is 9.37 Å². The smallest absolute Gasteiger partial charge is 0.219 e. The standard InChI is InChI=1S/C11H8BrFN2O/c12-7-3-9(14)5-10(4-7)16-11-2-1-8(13)6-15-11/h1-6H,14H2. The second-order valence-electron chi connectivity index (χ2n) is 3.14. The van der Waals surface area contributed by atoms with Crippen LogP contribution in [0, 0.1) is 5.82 Å². The van der Waals surface area contributed by atoms with Crippen molar-refractivity contribution >= 4 is 21.6 Å². The molecule has 1 heterocycles. The van der Waals surface area contributed by atoms with Crippen molar-refractivity contribution in [2.45, 2.75) is 0 Å². The maximum atomic E-state index is 12.6. The fourth-order valence-corrected chi connectivity index (χ4v) is 1.68. The van der Waals surface area contributed by atoms with E-state index in [0.29, 0.717) is 17.3 Å². The van der Waals surface area contributed by atoms with Crippen molar-refractivity contribution < 1.29 is 9.13 Å². The van der Waals surface area contributed by atoms with Crippen molar-refractivity contribution in [1.29, 1.82) is 0 Å². The third-order valence-corrected chi connectivity index (χ3v) is 2.27. The predicted octanol–water partition coefficient (Wildman–Crippen LogP) is 3.36. The van der Waals surface area contributed by atoms with Crippen LogP contribution in [0.15, 0.2) is 41.0 Å². The first-order valence-electron chi connectivity index (χ1n) is 4.49. The van der Waals surface area contributed by atoms with E-state index in [-0.39, 0.29) is 0 Å². The number of anilines is 1. The highest BCUT2D eigenvalue weighted by Crippen LogP contribution is 2.26. The van der Waals surface area contributed by atoms with E-state index in [0.717, 1.165) is 10.7 Å². The lowest BCUT2D eigenvalue weighted by atomic mass is 10.3. The summed E-state index contributed by atoms with van der Waals surface area (Å²) in [4.78, 5) is 3.78. The van der Waals surface area contributed by atoms with Crippen LogP contribution < -0.4 is 10.5 Å². The molecular formula is C11H8BrFN2O. The minimum atomic E-state index is -0.402. The average molecular weight is 283 g/mol. The number of pyridine rings is 1. The van der Waals surface area contributed by atoms with Crippen LogP contribution in [-0.2, 0) is 0 Å². The van der Waals surface area contributed by atoms with Crippen LogP contribution in [-0.4, -0.2) is 4.98 Å². The van der Waals surface area contributed by atoms with E-state index in [1.165, 1.54) is 12.1 Å². The summed E-state index contributed by atoms with van der Waals surface area (Å²) in [6.07, 6.45) is 1.09. The lowest BCUT2D eigenvalue weighted by molar-refractivity contribution is 0.459. The lowest BCUT2D eigenvalue weighted by Gasteiger charge is -2.05. The SMILES string of the molecule is Nc1cc(Br)cc(Oc2ccc(F)cn2)c1. The van der Waals surface area contributed by atoms with Crippen LogP contribution in [0.3, 0.4) is 0 Å². The van der Waals surface area contributed by atoms with Crippen molar-refractivity contribution in [1.82, 2.24) is 4.98 Å². The number of ether oxygens (including phenoxy) is 1. The maximum absolute atomic E-state index is 12.6. The number of nitrogens with zero attached hydrogens (tertiary/aromatic N) is 1. The van der Waals surface area contributed by atoms with Gasteiger partial charge in [0.1, 0.15) is 11.6 Å². The Bertz CT molecular complexity index is 482. The summed E-state index contributed by atoms with van der Waals surface area (Å²) in [6.45, 7) is 0. The molecule has 0 aliphatic carbocycles. The van der Waals surface area contributed by atoms with E-state index in [4.69, 9.17) is 10.5 Å². The van der Waals surface area contributed by atoms with E-state index in [1.807, 2.05) is 0 Å². The van der Waals surface area contributed by atoms with Gasteiger partial charge in [0.25, 0.3) is 0 Å². The largest absolute Gasteiger partial charge is 0.439 e. The third kappa shape index (κ3) is 2.70. The number of nitrogen functional groups attached to an aromatic ring is 1. The topological polar surface area (TPSA) is 48.1 Å². The Morgan fingerprint density at radius 2 is 2.06 bits per heavy atom. The van der Waals surface area contributed by atoms with Crippen molar-refractivity contribution in [3.63, 3.8) is 0 Å². The quantitative estimate of drug-likeness (QED) is 0.860. The van der Waals surface area contributed by atoms with Crippen LogP contribution in [0.1, 0.15) is 0 Å². The van der Waals surface area contributed by atoms with Crippen molar-refractivity contribution in [3.05, 3.63) is 46.8 Å². The molecule has 0 bridgehead atoms. The molecule has 5 heteroatoms. The first-order chi connectivity index (χ1) is 7.63. The Labute approximate surface area is 100 Å². The van der Waals surface area contributed by atoms with Crippen molar-refractivity contribution in [2.75, 3.05) is 5.73 Å². The molecular weight excluding hydrogens is 275 g/mol. The molecule has 0 atom stereocenters. The van der Waals surface area contributed by atoms with Gasteiger partial charge < -0.3 is 10.5 Å². The summed E-state index contributed by atoms with van der Waals surface area (Å²) >= 11 is 3.30. The number of hydrogen-bond donors (Lipinski definition) is 1. The zero-order valence-electron chi connectivity index (χ0n) is 8.15. The molecule has 3 nitrogen and oxygen atoms in total. The molecule has 1 aromatic carbocycles. The molecule has 0 fully saturated rings. The van der Waals surface area contributed by atoms with Crippen LogP contribution in [0.25, 0.3) is 0 Å². The summed E-state index contributed by atoms with van der Waals surface area (Å²) in [5.74, 6) is 0.464. The minimum Gasteiger partial charge on any atom is -0.439 e. The Morgan fingerprint density at radius 3 is 2.69 bits per heavy atom. The van der Waals surface area contributed by atoms with Crippen molar-refractivity contribution in [2.24, 2.45) is 0 Å². The fraction of sp³-hybridized carbons (Fsp3) is 0. The molecule has 0 amide bonds. The van der Waals surface area contributed by atoms with Gasteiger partial charge in [0, 0.05) is 22.3 Å². The average Bonchev–Trinajstić information content (AvgIpc) is 2.20. The molecule has 0 unspecified atom stereocenters. The van der Waals surface area contributed by atoms with E-state index >= 15 is 0 Å². The second-order valence-corrected chi connectivity index (χ2v) is 4.05. The van der Waals surface area contributed by atoms with Crippen LogP contribution >= 0.6 is 15.9 Å². The molecule has 0 saturated carbocycles. The molecule has 0 spiro atoms. The van der Waals surface area contributed by atoms with E-state index < -0.39 is 5.82 Å². The highest BCUT2D eigenvalue weighted by Gasteiger charge is 2.01. The Balaban J connectivity index is 2.23. The highest BCUT2D eigenvalue weighted by molar-refractivity contribution is 9.10. The van der Waals surface area contributed by atoms with Gasteiger partial charge in [-0.2, -0.15) is 0 Å². The summed E-state index contributed by atoms with van der Waals surface area (Å²) in [6, 6.07) is 7.90. The summed E-state index contributed by atoms with van der Waals surface area (Å²) < 4.78 is 18.8. The maximum Gasteiger partial charge on any atom is 0.219 e. The van der Waals surface area contributed by atoms with Crippen LogP contribution in [0.5, 0.6) is 11.6 Å². The predicted molar refractivity (Wildman–Crippen MR) is 62.8 cm³/mol. The van der Waals surface area contributed by atoms with Gasteiger partial charge in [-0.1, -0.05) is 15.9 Å². The Hall–Kier alpha value is -1.62. The summed E-state index contributed by atoms with van der Waals surface area (Å²) in [7, 11) is 0. The number of aromatic nitrogens is 1. The third-order valence-electron chi connectivity index (χ3n) is 1.82. The van der Waals surface area contributed by atoms with Gasteiger partial charge in [-0.3, -0.25) is 0 Å². The van der Waals surface area contributed by atoms with Crippen LogP contribution in [0.2, 0.25) is 0 Å². The highest BCUT2D eigenvalue weighted by atomic mass is 79.9. The Morgan fingerprint density at radius 1 is 1.25 bits per heavy atom. The van der Waals surface area contributed by atoms with Gasteiger partial charge in [0.05, 0.1) is 6.20 Å². The van der Waals surface area contributed by atoms with Crippen molar-refractivity contribution in [3.8, 4) is 11.6 Å². The molecule has 1 aromatic heterocycles. The number of hydrogen-bond acceptors (Lipinski definition) is 3. The zero-order valence-corrected chi connectivity index (χ0v) is 9.74. The summed E-state index contributed by atoms with van der Waals surface area (Å²) in [5, 5.41) is 0. The van der Waals surface area contributed by atoms with Crippen LogP contribution in [0.4, 0.5) is 10.1 Å². The normalized spacial score (nSPS) is 10.1. The molecule has 0 aliphatic rings. The van der Waals surface area contributed by atoms with Gasteiger partial charge >= 0.3 is 0 Å². The molecule has 82 valence electrons. The molecule has 2 rings (SSSR count). The van der Waals surface area contributed by atoms with Gasteiger partial charge in [0.15, 0.2) is 0 Å². The van der Waals surface area contributed by atoms with Gasteiger partial charge in [-0.05, 0) is 18.2 Å². The number of rotatable bonds is 2. The molecule has 2 aromatic rings. The minimum absolute atomic E-state index is 0.318. The van der Waals surface area contributed by atoms with E-state index in [2.05, 4.69) is 20.9 Å². The molecule has 0 aliphatic heterocycles. The molecule has 16 heavy (non-hydrogen) atoms. The lowest BCUT2D eigenvalue weighted by Crippen LogP contribution is -1.90. The first kappa shape index (κ1) is 10.9. The van der Waals surface area contributed by atoms with E-state index in [1.54, 1.807) is 18.2 Å².